The zero-order chi connectivity index (χ0) is 16.7. The molecule has 0 amide bonds. The normalized spacial score (nSPS) is 16.8. The zero-order valence-corrected chi connectivity index (χ0v) is 13.6. The lowest BCUT2D eigenvalue weighted by Gasteiger charge is -2.17. The predicted octanol–water partition coefficient (Wildman–Crippen LogP) is 3.62. The van der Waals surface area contributed by atoms with E-state index in [9.17, 15) is 4.79 Å². The molecule has 5 nitrogen and oxygen atoms in total. The van der Waals surface area contributed by atoms with E-state index >= 15 is 0 Å². The molecule has 2 unspecified atom stereocenters. The predicted molar refractivity (Wildman–Crippen MR) is 87.0 cm³/mol. The van der Waals surface area contributed by atoms with Crippen molar-refractivity contribution in [2.24, 2.45) is 0 Å². The molecule has 124 valence electrons. The summed E-state index contributed by atoms with van der Waals surface area (Å²) in [5, 5.41) is 0. The van der Waals surface area contributed by atoms with Crippen molar-refractivity contribution in [3.63, 3.8) is 0 Å². The molecule has 0 spiro atoms. The van der Waals surface area contributed by atoms with E-state index in [4.69, 9.17) is 18.9 Å². The fourth-order valence-electron chi connectivity index (χ4n) is 3.07. The molecular formula is C19H18O5. The van der Waals surface area contributed by atoms with Crippen LogP contribution in [0.2, 0.25) is 0 Å². The van der Waals surface area contributed by atoms with Crippen LogP contribution in [-0.4, -0.2) is 19.4 Å². The lowest BCUT2D eigenvalue weighted by molar-refractivity contribution is -0.121. The van der Waals surface area contributed by atoms with Crippen molar-refractivity contribution in [2.45, 2.75) is 25.7 Å². The van der Waals surface area contributed by atoms with Gasteiger partial charge in [-0.15, -0.1) is 0 Å². The van der Waals surface area contributed by atoms with E-state index in [-0.39, 0.29) is 31.2 Å². The van der Waals surface area contributed by atoms with Crippen LogP contribution in [0, 0.1) is 0 Å². The Morgan fingerprint density at radius 3 is 1.62 bits per heavy atom. The van der Waals surface area contributed by atoms with Crippen LogP contribution in [0.25, 0.3) is 0 Å². The maximum atomic E-state index is 12.9. The van der Waals surface area contributed by atoms with Crippen LogP contribution in [-0.2, 0) is 4.79 Å². The van der Waals surface area contributed by atoms with Gasteiger partial charge in [-0.2, -0.15) is 0 Å². The van der Waals surface area contributed by atoms with Crippen LogP contribution in [0.3, 0.4) is 0 Å². The highest BCUT2D eigenvalue weighted by Gasteiger charge is 2.26. The highest BCUT2D eigenvalue weighted by molar-refractivity contribution is 5.91. The van der Waals surface area contributed by atoms with Gasteiger partial charge in [-0.1, -0.05) is 26.0 Å². The van der Waals surface area contributed by atoms with Gasteiger partial charge in [-0.25, -0.2) is 0 Å². The highest BCUT2D eigenvalue weighted by Crippen LogP contribution is 2.38. The van der Waals surface area contributed by atoms with Crippen molar-refractivity contribution < 1.29 is 23.7 Å². The number of ketones is 1. The van der Waals surface area contributed by atoms with Crippen LogP contribution >= 0.6 is 0 Å². The molecule has 0 saturated heterocycles. The Balaban J connectivity index is 1.56. The fraction of sp³-hybridized carbons (Fsp3) is 0.316. The SMILES string of the molecule is CC(C(=O)C(C)c1ccc2c(c1)OCO2)c1ccc2c(c1)OCO2. The fourth-order valence-corrected chi connectivity index (χ4v) is 3.07. The maximum Gasteiger partial charge on any atom is 0.231 e. The Labute approximate surface area is 140 Å². The van der Waals surface area contributed by atoms with E-state index in [0.29, 0.717) is 11.5 Å². The molecule has 0 aliphatic carbocycles. The monoisotopic (exact) mass is 326 g/mol. The molecule has 2 heterocycles. The Bertz CT molecular complexity index is 733. The van der Waals surface area contributed by atoms with Gasteiger partial charge in [0.25, 0.3) is 0 Å². The van der Waals surface area contributed by atoms with Crippen LogP contribution < -0.4 is 18.9 Å². The minimum Gasteiger partial charge on any atom is -0.454 e. The number of rotatable bonds is 4. The number of hydrogen-bond acceptors (Lipinski definition) is 5. The van der Waals surface area contributed by atoms with Gasteiger partial charge in [0.05, 0.1) is 0 Å². The summed E-state index contributed by atoms with van der Waals surface area (Å²) in [5.74, 6) is 2.52. The summed E-state index contributed by atoms with van der Waals surface area (Å²) < 4.78 is 21.4. The number of carbonyl (C=O) groups is 1. The van der Waals surface area contributed by atoms with Gasteiger partial charge in [-0.3, -0.25) is 4.79 Å². The van der Waals surface area contributed by atoms with Crippen LogP contribution in [0.4, 0.5) is 0 Å². The Morgan fingerprint density at radius 1 is 0.750 bits per heavy atom. The van der Waals surface area contributed by atoms with Gasteiger partial charge in [0, 0.05) is 11.8 Å². The summed E-state index contributed by atoms with van der Waals surface area (Å²) >= 11 is 0. The van der Waals surface area contributed by atoms with Crippen molar-refractivity contribution in [2.75, 3.05) is 13.6 Å². The van der Waals surface area contributed by atoms with E-state index in [0.717, 1.165) is 22.6 Å². The van der Waals surface area contributed by atoms with Crippen LogP contribution in [0.5, 0.6) is 23.0 Å². The van der Waals surface area contributed by atoms with Crippen molar-refractivity contribution in [3.8, 4) is 23.0 Å². The number of fused-ring (bicyclic) bond motifs is 2. The summed E-state index contributed by atoms with van der Waals surface area (Å²) in [6.07, 6.45) is 0. The van der Waals surface area contributed by atoms with Gasteiger partial charge in [0.2, 0.25) is 13.6 Å². The van der Waals surface area contributed by atoms with E-state index in [2.05, 4.69) is 0 Å². The molecule has 0 N–H and O–H groups in total. The number of Topliss-reactive ketones (excluding diaryl/α,β-unsaturated/α-hetero) is 1. The molecule has 2 atom stereocenters. The minimum atomic E-state index is -0.236. The molecule has 2 aromatic carbocycles. The largest absolute Gasteiger partial charge is 0.454 e. The summed E-state index contributed by atoms with van der Waals surface area (Å²) in [5.41, 5.74) is 1.86. The maximum absolute atomic E-state index is 12.9. The average Bonchev–Trinajstić information content (AvgIpc) is 3.26. The molecule has 4 rings (SSSR count). The summed E-state index contributed by atoms with van der Waals surface area (Å²) in [6.45, 7) is 4.30. The zero-order valence-electron chi connectivity index (χ0n) is 13.6. The first-order chi connectivity index (χ1) is 11.6. The number of benzene rings is 2. The lowest BCUT2D eigenvalue weighted by atomic mass is 9.85. The molecule has 2 aromatic rings. The lowest BCUT2D eigenvalue weighted by Crippen LogP contribution is -2.16. The molecule has 0 fully saturated rings. The third-order valence-electron chi connectivity index (χ3n) is 4.65. The first-order valence-corrected chi connectivity index (χ1v) is 7.96. The molecule has 2 aliphatic rings. The second kappa shape index (κ2) is 5.74. The van der Waals surface area contributed by atoms with Gasteiger partial charge >= 0.3 is 0 Å². The van der Waals surface area contributed by atoms with Gasteiger partial charge < -0.3 is 18.9 Å². The second-order valence-corrected chi connectivity index (χ2v) is 6.07. The Kier molecular flexibility index (Phi) is 3.56. The summed E-state index contributed by atoms with van der Waals surface area (Å²) in [7, 11) is 0. The molecule has 0 saturated carbocycles. The first-order valence-electron chi connectivity index (χ1n) is 7.96. The second-order valence-electron chi connectivity index (χ2n) is 6.07. The standard InChI is InChI=1S/C19H18O5/c1-11(13-3-5-15-17(7-13)23-9-21-15)19(20)12(2)14-4-6-16-18(8-14)24-10-22-16/h3-8,11-12H,9-10H2,1-2H3. The van der Waals surface area contributed by atoms with Crippen molar-refractivity contribution in [1.29, 1.82) is 0 Å². The molecule has 0 aromatic heterocycles. The van der Waals surface area contributed by atoms with E-state index in [1.165, 1.54) is 0 Å². The van der Waals surface area contributed by atoms with E-state index < -0.39 is 0 Å². The minimum absolute atomic E-state index is 0.146. The molecule has 24 heavy (non-hydrogen) atoms. The average molecular weight is 326 g/mol. The summed E-state index contributed by atoms with van der Waals surface area (Å²) in [4.78, 5) is 12.9. The number of hydrogen-bond donors (Lipinski definition) is 0. The van der Waals surface area contributed by atoms with Crippen molar-refractivity contribution in [1.82, 2.24) is 0 Å². The van der Waals surface area contributed by atoms with Crippen LogP contribution in [0.1, 0.15) is 36.8 Å². The number of carbonyl (C=O) groups excluding carboxylic acids is 1. The smallest absolute Gasteiger partial charge is 0.231 e. The third-order valence-corrected chi connectivity index (χ3v) is 4.65. The third kappa shape index (κ3) is 2.46. The Morgan fingerprint density at radius 2 is 1.17 bits per heavy atom. The molecule has 2 aliphatic heterocycles. The van der Waals surface area contributed by atoms with E-state index in [1.807, 2.05) is 50.2 Å². The first kappa shape index (κ1) is 14.9. The molecule has 5 heteroatoms. The quantitative estimate of drug-likeness (QED) is 0.859. The van der Waals surface area contributed by atoms with Crippen LogP contribution in [0.15, 0.2) is 36.4 Å². The highest BCUT2D eigenvalue weighted by atomic mass is 16.7. The molecular weight excluding hydrogens is 308 g/mol. The van der Waals surface area contributed by atoms with Crippen molar-refractivity contribution >= 4 is 5.78 Å². The van der Waals surface area contributed by atoms with Gasteiger partial charge in [0.1, 0.15) is 5.78 Å². The molecule has 0 radical (unpaired) electrons. The van der Waals surface area contributed by atoms with Gasteiger partial charge in [0.15, 0.2) is 23.0 Å². The topological polar surface area (TPSA) is 54.0 Å². The molecule has 0 bridgehead atoms. The van der Waals surface area contributed by atoms with Gasteiger partial charge in [-0.05, 0) is 35.4 Å². The Hall–Kier alpha value is -2.69. The van der Waals surface area contributed by atoms with E-state index in [1.54, 1.807) is 0 Å². The number of ether oxygens (including phenoxy) is 4. The van der Waals surface area contributed by atoms with Crippen molar-refractivity contribution in [3.05, 3.63) is 47.5 Å². The summed E-state index contributed by atoms with van der Waals surface area (Å²) in [6, 6.07) is 11.3.